The minimum Gasteiger partial charge on any atom is -0.372 e. The molecule has 1 aromatic heterocycles. The van der Waals surface area contributed by atoms with E-state index in [2.05, 4.69) is 14.9 Å². The van der Waals surface area contributed by atoms with Crippen molar-refractivity contribution in [2.45, 2.75) is 13.8 Å². The first-order valence-electron chi connectivity index (χ1n) is 13.6. The van der Waals surface area contributed by atoms with E-state index < -0.39 is 10.0 Å². The zero-order chi connectivity index (χ0) is 29.6. The first-order valence-corrected chi connectivity index (χ1v) is 15.8. The average Bonchev–Trinajstić information content (AvgIpc) is 2.96. The Labute approximate surface area is 249 Å². The summed E-state index contributed by atoms with van der Waals surface area (Å²) in [6.45, 7) is 5.63. The van der Waals surface area contributed by atoms with E-state index in [0.29, 0.717) is 61.1 Å². The Morgan fingerprint density at radius 3 is 2.31 bits per heavy atom. The molecule has 0 amide bonds. The van der Waals surface area contributed by atoms with Crippen molar-refractivity contribution in [1.82, 2.24) is 9.97 Å². The smallest absolute Gasteiger partial charge is 0.229 e. The van der Waals surface area contributed by atoms with Crippen molar-refractivity contribution in [2.24, 2.45) is 0 Å². The van der Waals surface area contributed by atoms with Gasteiger partial charge in [0.25, 0.3) is 0 Å². The molecule has 0 atom stereocenters. The lowest BCUT2D eigenvalue weighted by Crippen LogP contribution is -2.22. The number of nitrogens with one attached hydrogen (secondary N) is 2. The molecule has 0 saturated heterocycles. The second kappa shape index (κ2) is 10.7. The molecule has 1 heterocycles. The Bertz CT molecular complexity index is 1990. The molecular weight excluding hydrogens is 570 g/mol. The van der Waals surface area contributed by atoms with Crippen LogP contribution < -0.4 is 14.9 Å². The number of rotatable bonds is 8. The third-order valence-electron chi connectivity index (χ3n) is 7.29. The Morgan fingerprint density at radius 2 is 1.60 bits per heavy atom. The van der Waals surface area contributed by atoms with Crippen LogP contribution in [0.1, 0.15) is 29.8 Å². The van der Waals surface area contributed by atoms with E-state index in [4.69, 9.17) is 21.6 Å². The summed E-state index contributed by atoms with van der Waals surface area (Å²) in [5.74, 6) is 0.216. The number of benzene rings is 4. The molecule has 42 heavy (non-hydrogen) atoms. The summed E-state index contributed by atoms with van der Waals surface area (Å²) in [6.07, 6.45) is 1.12. The standard InChI is InChI=1S/C32H28ClN5O3S/c1-4-38(5-2)21-13-14-24(27(18-21)37-42(3,40)41)32-35-25-15-16-26(34-20-10-8-9-19(33)17-20)29-28(25)30(36-32)22-11-6-7-12-23(22)31(29)39/h6-18,34,37H,4-5H2,1-3H3. The number of sulfonamides is 1. The number of hydrogen-bond acceptors (Lipinski definition) is 7. The highest BCUT2D eigenvalue weighted by Crippen LogP contribution is 2.43. The van der Waals surface area contributed by atoms with Gasteiger partial charge in [0, 0.05) is 51.6 Å². The molecule has 1 aliphatic carbocycles. The zero-order valence-corrected chi connectivity index (χ0v) is 24.8. The highest BCUT2D eigenvalue weighted by Gasteiger charge is 2.30. The fourth-order valence-corrected chi connectivity index (χ4v) is 6.18. The number of anilines is 4. The van der Waals surface area contributed by atoms with Crippen LogP contribution in [0.5, 0.6) is 0 Å². The molecule has 10 heteroatoms. The first-order chi connectivity index (χ1) is 20.2. The van der Waals surface area contributed by atoms with Crippen molar-refractivity contribution < 1.29 is 13.2 Å². The quantitative estimate of drug-likeness (QED) is 0.192. The van der Waals surface area contributed by atoms with Gasteiger partial charge >= 0.3 is 0 Å². The van der Waals surface area contributed by atoms with Gasteiger partial charge in [-0.25, -0.2) is 18.4 Å². The summed E-state index contributed by atoms with van der Waals surface area (Å²) in [6, 6.07) is 23.9. The molecule has 0 radical (unpaired) electrons. The van der Waals surface area contributed by atoms with Crippen molar-refractivity contribution in [1.29, 1.82) is 0 Å². The van der Waals surface area contributed by atoms with Crippen molar-refractivity contribution in [3.05, 3.63) is 95.0 Å². The van der Waals surface area contributed by atoms with Gasteiger partial charge in [-0.3, -0.25) is 9.52 Å². The molecule has 8 nitrogen and oxygen atoms in total. The van der Waals surface area contributed by atoms with Crippen LogP contribution in [0.3, 0.4) is 0 Å². The lowest BCUT2D eigenvalue weighted by atomic mass is 9.85. The minimum atomic E-state index is -3.60. The van der Waals surface area contributed by atoms with Crippen LogP contribution in [0.4, 0.5) is 22.7 Å². The van der Waals surface area contributed by atoms with Gasteiger partial charge in [-0.1, -0.05) is 41.9 Å². The van der Waals surface area contributed by atoms with Gasteiger partial charge in [-0.15, -0.1) is 0 Å². The van der Waals surface area contributed by atoms with E-state index in [-0.39, 0.29) is 5.78 Å². The van der Waals surface area contributed by atoms with Crippen LogP contribution in [-0.2, 0) is 10.0 Å². The molecule has 1 aliphatic rings. The number of carbonyl (C=O) groups is 1. The highest BCUT2D eigenvalue weighted by molar-refractivity contribution is 7.92. The third-order valence-corrected chi connectivity index (χ3v) is 8.12. The summed E-state index contributed by atoms with van der Waals surface area (Å²) < 4.78 is 27.4. The molecule has 0 fully saturated rings. The second-order valence-corrected chi connectivity index (χ2v) is 12.2. The van der Waals surface area contributed by atoms with Gasteiger partial charge in [-0.05, 0) is 62.4 Å². The second-order valence-electron chi connectivity index (χ2n) is 10.1. The Hall–Kier alpha value is -4.47. The van der Waals surface area contributed by atoms with Gasteiger partial charge in [0.05, 0.1) is 34.4 Å². The summed E-state index contributed by atoms with van der Waals surface area (Å²) in [5.41, 5.74) is 6.03. The normalized spacial score (nSPS) is 12.2. The third kappa shape index (κ3) is 5.06. The molecule has 0 saturated carbocycles. The largest absolute Gasteiger partial charge is 0.372 e. The molecule has 0 aliphatic heterocycles. The van der Waals surface area contributed by atoms with E-state index in [0.717, 1.165) is 30.7 Å². The fraction of sp³-hybridized carbons (Fsp3) is 0.156. The molecule has 4 aromatic carbocycles. The van der Waals surface area contributed by atoms with Gasteiger partial charge < -0.3 is 10.2 Å². The van der Waals surface area contributed by atoms with Crippen LogP contribution >= 0.6 is 11.6 Å². The van der Waals surface area contributed by atoms with Crippen molar-refractivity contribution in [3.63, 3.8) is 0 Å². The maximum absolute atomic E-state index is 13.9. The average molecular weight is 598 g/mol. The fourth-order valence-electron chi connectivity index (χ4n) is 5.42. The first kappa shape index (κ1) is 27.7. The van der Waals surface area contributed by atoms with Crippen molar-refractivity contribution in [2.75, 3.05) is 34.3 Å². The number of nitrogens with zero attached hydrogens (tertiary/aromatic N) is 3. The van der Waals surface area contributed by atoms with Gasteiger partial charge in [0.15, 0.2) is 11.6 Å². The van der Waals surface area contributed by atoms with Crippen molar-refractivity contribution >= 4 is 61.1 Å². The summed E-state index contributed by atoms with van der Waals surface area (Å²) in [7, 11) is -3.60. The number of hydrogen-bond donors (Lipinski definition) is 2. The van der Waals surface area contributed by atoms with E-state index in [1.165, 1.54) is 0 Å². The SMILES string of the molecule is CCN(CC)c1ccc(-c2nc3c4c(c(Nc5cccc(Cl)c5)ccc4n2)C(=O)c2ccccc2-3)c(NS(C)(=O)=O)c1. The van der Waals surface area contributed by atoms with Crippen LogP contribution in [0.15, 0.2) is 78.9 Å². The number of carbonyl (C=O) groups excluding carboxylic acids is 1. The lowest BCUT2D eigenvalue weighted by molar-refractivity contribution is 0.104. The number of halogens is 1. The Balaban J connectivity index is 1.59. The summed E-state index contributed by atoms with van der Waals surface area (Å²) >= 11 is 6.21. The molecule has 212 valence electrons. The molecular formula is C32H28ClN5O3S. The van der Waals surface area contributed by atoms with Crippen LogP contribution in [0, 0.1) is 0 Å². The zero-order valence-electron chi connectivity index (χ0n) is 23.3. The van der Waals surface area contributed by atoms with E-state index in [1.807, 2.05) is 74.5 Å². The maximum atomic E-state index is 13.9. The number of ketones is 1. The summed E-state index contributed by atoms with van der Waals surface area (Å²) in [4.78, 5) is 25.9. The molecule has 0 unspecified atom stereocenters. The summed E-state index contributed by atoms with van der Waals surface area (Å²) in [5, 5.41) is 4.55. The minimum absolute atomic E-state index is 0.132. The van der Waals surface area contributed by atoms with Gasteiger partial charge in [-0.2, -0.15) is 0 Å². The molecule has 0 spiro atoms. The molecule has 0 bridgehead atoms. The van der Waals surface area contributed by atoms with E-state index in [1.54, 1.807) is 18.2 Å². The Kier molecular flexibility index (Phi) is 7.08. The monoisotopic (exact) mass is 597 g/mol. The molecule has 6 rings (SSSR count). The predicted octanol–water partition coefficient (Wildman–Crippen LogP) is 7.12. The van der Waals surface area contributed by atoms with Crippen LogP contribution in [0.25, 0.3) is 33.5 Å². The van der Waals surface area contributed by atoms with Crippen LogP contribution in [-0.4, -0.2) is 43.5 Å². The highest BCUT2D eigenvalue weighted by atomic mass is 35.5. The molecule has 5 aromatic rings. The number of fused-ring (bicyclic) bond motifs is 2. The van der Waals surface area contributed by atoms with Crippen LogP contribution in [0.2, 0.25) is 5.02 Å². The van der Waals surface area contributed by atoms with Crippen molar-refractivity contribution in [3.8, 4) is 22.6 Å². The Morgan fingerprint density at radius 1 is 0.833 bits per heavy atom. The topological polar surface area (TPSA) is 104 Å². The lowest BCUT2D eigenvalue weighted by Gasteiger charge is -2.24. The van der Waals surface area contributed by atoms with Gasteiger partial charge in [0.1, 0.15) is 0 Å². The van der Waals surface area contributed by atoms with E-state index in [9.17, 15) is 13.2 Å². The van der Waals surface area contributed by atoms with E-state index >= 15 is 0 Å². The van der Waals surface area contributed by atoms with Gasteiger partial charge in [0.2, 0.25) is 10.0 Å². The maximum Gasteiger partial charge on any atom is 0.229 e. The predicted molar refractivity (Wildman–Crippen MR) is 171 cm³/mol. The number of aromatic nitrogens is 2. The molecule has 2 N–H and O–H groups in total.